The molecule has 0 aromatic heterocycles. The van der Waals surface area contributed by atoms with Crippen molar-refractivity contribution in [2.75, 3.05) is 0 Å². The Morgan fingerprint density at radius 3 is 1.04 bits per heavy atom. The normalized spacial score (nSPS) is 10.9. The Hall–Kier alpha value is -1.95. The largest absolute Gasteiger partial charge is 0.144 e. The van der Waals surface area contributed by atoms with Crippen molar-refractivity contribution in [3.63, 3.8) is 0 Å². The van der Waals surface area contributed by atoms with Crippen LogP contribution in [-0.4, -0.2) is 0 Å². The van der Waals surface area contributed by atoms with Crippen molar-refractivity contribution in [3.8, 4) is 0 Å². The maximum Gasteiger partial charge on any atom is 0.144 e. The van der Waals surface area contributed by atoms with Crippen molar-refractivity contribution >= 4 is 28.5 Å². The molecule has 0 bridgehead atoms. The van der Waals surface area contributed by atoms with E-state index in [-0.39, 0.29) is 22.4 Å². The van der Waals surface area contributed by atoms with E-state index >= 15 is 0 Å². The summed E-state index contributed by atoms with van der Waals surface area (Å²) in [5.41, 5.74) is 1.29. The van der Waals surface area contributed by atoms with E-state index in [1.165, 1.54) is 26.8 Å². The first-order valence-corrected chi connectivity index (χ1v) is 10.7. The first-order valence-electron chi connectivity index (χ1n) is 8.95. The first-order chi connectivity index (χ1) is 12.8. The molecule has 0 amide bonds. The van der Waals surface area contributed by atoms with Crippen LogP contribution < -0.4 is 21.2 Å². The fourth-order valence-electron chi connectivity index (χ4n) is 3.62. The molecule has 0 spiro atoms. The maximum atomic E-state index is 2.32. The third-order valence-corrected chi connectivity index (χ3v) is 9.14. The predicted molar refractivity (Wildman–Crippen MR) is 116 cm³/mol. The van der Waals surface area contributed by atoms with E-state index in [0.717, 1.165) is 0 Å². The molecule has 4 rings (SSSR count). The summed E-state index contributed by atoms with van der Waals surface area (Å²) in [7, 11) is -1.93. The molecule has 0 aliphatic carbocycles. The maximum absolute atomic E-state index is 2.32. The van der Waals surface area contributed by atoms with Crippen molar-refractivity contribution < 1.29 is 22.4 Å². The van der Waals surface area contributed by atoms with Gasteiger partial charge in [0.25, 0.3) is 0 Å². The molecule has 1 radical (unpaired) electrons. The Kier molecular flexibility index (Phi) is 6.47. The zero-order valence-corrected chi connectivity index (χ0v) is 18.3. The number of hydrogen-bond donors (Lipinski definition) is 0. The van der Waals surface area contributed by atoms with Crippen LogP contribution in [0.15, 0.2) is 115 Å². The molecule has 4 aromatic rings. The van der Waals surface area contributed by atoms with Gasteiger partial charge in [-0.25, -0.2) is 0 Å². The summed E-state index contributed by atoms with van der Waals surface area (Å²) in [6, 6.07) is 42.1. The molecule has 137 valence electrons. The topological polar surface area (TPSA) is 0 Å². The van der Waals surface area contributed by atoms with Crippen LogP contribution in [0.2, 0.25) is 0 Å². The Morgan fingerprint density at radius 1 is 0.407 bits per heavy atom. The summed E-state index contributed by atoms with van der Waals surface area (Å²) in [4.78, 5) is 0. The van der Waals surface area contributed by atoms with Crippen molar-refractivity contribution in [3.05, 3.63) is 121 Å². The molecule has 0 N–H and O–H groups in total. The smallest absolute Gasteiger partial charge is 0.0620 e. The number of benzene rings is 4. The average Bonchev–Trinajstić information content (AvgIpc) is 2.72. The zero-order chi connectivity index (χ0) is 17.8. The summed E-state index contributed by atoms with van der Waals surface area (Å²) < 4.78 is 0. The van der Waals surface area contributed by atoms with Crippen LogP contribution >= 0.6 is 7.26 Å². The molecule has 0 atom stereocenters. The van der Waals surface area contributed by atoms with Gasteiger partial charge in [0, 0.05) is 22.4 Å². The number of aryl methyl sites for hydroxylation is 1. The second-order valence-electron chi connectivity index (χ2n) is 6.51. The van der Waals surface area contributed by atoms with Crippen LogP contribution in [0, 0.1) is 6.92 Å². The summed E-state index contributed by atoms with van der Waals surface area (Å²) in [5.74, 6) is 0. The van der Waals surface area contributed by atoms with Gasteiger partial charge in [0.2, 0.25) is 0 Å². The van der Waals surface area contributed by atoms with E-state index in [2.05, 4.69) is 122 Å². The molecule has 0 aliphatic heterocycles. The van der Waals surface area contributed by atoms with Crippen LogP contribution in [0.3, 0.4) is 0 Å². The Labute approximate surface area is 178 Å². The summed E-state index contributed by atoms with van der Waals surface area (Å²) in [6.07, 6.45) is 0. The third-order valence-electron chi connectivity index (χ3n) is 4.85. The summed E-state index contributed by atoms with van der Waals surface area (Å²) >= 11 is 0. The molecule has 0 fully saturated rings. The van der Waals surface area contributed by atoms with Gasteiger partial charge in [-0.15, -0.1) is 0 Å². The molecule has 2 heteroatoms. The minimum Gasteiger partial charge on any atom is -0.0620 e. The Bertz CT molecular complexity index is 868. The molecule has 0 aliphatic rings. The Morgan fingerprint density at radius 2 is 0.704 bits per heavy atom. The van der Waals surface area contributed by atoms with Gasteiger partial charge in [-0.05, 0) is 55.5 Å². The second kappa shape index (κ2) is 8.83. The van der Waals surface area contributed by atoms with Gasteiger partial charge in [0.1, 0.15) is 28.5 Å². The fourth-order valence-corrected chi connectivity index (χ4v) is 7.86. The molecular weight excluding hydrogens is 528 g/mol. The van der Waals surface area contributed by atoms with Crippen LogP contribution in [-0.2, 0) is 22.4 Å². The van der Waals surface area contributed by atoms with Crippen molar-refractivity contribution in [2.45, 2.75) is 6.92 Å². The van der Waals surface area contributed by atoms with E-state index in [9.17, 15) is 0 Å². The zero-order valence-electron chi connectivity index (χ0n) is 15.2. The van der Waals surface area contributed by atoms with E-state index in [1.54, 1.807) is 0 Å². The van der Waals surface area contributed by atoms with Crippen LogP contribution in [0.4, 0.5) is 0 Å². The van der Waals surface area contributed by atoms with Crippen LogP contribution in [0.25, 0.3) is 0 Å². The number of rotatable bonds is 4. The van der Waals surface area contributed by atoms with Gasteiger partial charge >= 0.3 is 0 Å². The fraction of sp³-hybridized carbons (Fsp3) is 0.0400. The summed E-state index contributed by atoms with van der Waals surface area (Å²) in [6.45, 7) is 2.15. The minimum atomic E-state index is -1.93. The molecular formula is C25H22AuP+. The second-order valence-corrected chi connectivity index (χ2v) is 9.92. The number of hydrogen-bond acceptors (Lipinski definition) is 0. The van der Waals surface area contributed by atoms with E-state index < -0.39 is 7.26 Å². The molecule has 0 saturated carbocycles. The van der Waals surface area contributed by atoms with E-state index in [0.29, 0.717) is 0 Å². The van der Waals surface area contributed by atoms with E-state index in [1.807, 2.05) is 0 Å². The first kappa shape index (κ1) is 19.8. The van der Waals surface area contributed by atoms with Gasteiger partial charge in [-0.1, -0.05) is 72.3 Å². The summed E-state index contributed by atoms with van der Waals surface area (Å²) in [5, 5.41) is 5.57. The SMILES string of the molecule is Cc1ccc([P+](c2ccccc2)(c2ccccc2)c2ccccc2)cc1.[Au]. The molecule has 0 saturated heterocycles. The van der Waals surface area contributed by atoms with Gasteiger partial charge in [-0.2, -0.15) is 0 Å². The quantitative estimate of drug-likeness (QED) is 0.257. The van der Waals surface area contributed by atoms with Crippen LogP contribution in [0.5, 0.6) is 0 Å². The molecule has 0 nitrogen and oxygen atoms in total. The minimum absolute atomic E-state index is 0. The molecule has 27 heavy (non-hydrogen) atoms. The van der Waals surface area contributed by atoms with E-state index in [4.69, 9.17) is 0 Å². The molecule has 0 heterocycles. The van der Waals surface area contributed by atoms with Gasteiger partial charge < -0.3 is 0 Å². The monoisotopic (exact) mass is 550 g/mol. The van der Waals surface area contributed by atoms with Crippen molar-refractivity contribution in [1.82, 2.24) is 0 Å². The van der Waals surface area contributed by atoms with Gasteiger partial charge in [0.15, 0.2) is 0 Å². The molecule has 4 aromatic carbocycles. The molecule has 0 unspecified atom stereocenters. The standard InChI is InChI=1S/C25H22P.Au/c1-21-17-19-25(20-18-21)26(22-11-5-2-6-12-22,23-13-7-3-8-14-23)24-15-9-4-10-16-24;/h2-20H,1H3;/q+1;. The van der Waals surface area contributed by atoms with Crippen molar-refractivity contribution in [1.29, 1.82) is 0 Å². The third kappa shape index (κ3) is 3.72. The average molecular weight is 550 g/mol. The predicted octanol–water partition coefficient (Wildman–Crippen LogP) is 4.61. The van der Waals surface area contributed by atoms with Gasteiger partial charge in [0.05, 0.1) is 0 Å². The van der Waals surface area contributed by atoms with Crippen LogP contribution in [0.1, 0.15) is 5.56 Å². The Balaban J connectivity index is 0.00000210. The van der Waals surface area contributed by atoms with Gasteiger partial charge in [-0.3, -0.25) is 0 Å². The van der Waals surface area contributed by atoms with Crippen molar-refractivity contribution in [2.24, 2.45) is 0 Å².